The highest BCUT2D eigenvalue weighted by Crippen LogP contribution is 2.28. The molecule has 1 aromatic heterocycles. The van der Waals surface area contributed by atoms with E-state index in [0.717, 1.165) is 49.8 Å². The summed E-state index contributed by atoms with van der Waals surface area (Å²) in [5, 5.41) is 10.1. The average Bonchev–Trinajstić information content (AvgIpc) is 3.21. The van der Waals surface area contributed by atoms with Gasteiger partial charge in [-0.15, -0.1) is 10.2 Å². The van der Waals surface area contributed by atoms with E-state index in [0.29, 0.717) is 16.6 Å². The summed E-state index contributed by atoms with van der Waals surface area (Å²) >= 11 is 7.58. The normalized spacial score (nSPS) is 15.7. The number of piperazine rings is 1. The molecule has 1 fully saturated rings. The number of hydrogen-bond donors (Lipinski definition) is 0. The number of nitrogens with zero attached hydrogens (tertiary/aromatic N) is 5. The van der Waals surface area contributed by atoms with Gasteiger partial charge in [-0.05, 0) is 43.3 Å². The predicted octanol–water partition coefficient (Wildman–Crippen LogP) is 4.16. The first kappa shape index (κ1) is 22.8. The zero-order valence-electron chi connectivity index (χ0n) is 18.4. The zero-order chi connectivity index (χ0) is 22.5. The summed E-state index contributed by atoms with van der Waals surface area (Å²) in [5.74, 6) is 0.984. The van der Waals surface area contributed by atoms with Crippen LogP contribution < -0.4 is 0 Å². The second-order valence-corrected chi connectivity index (χ2v) is 9.64. The standard InChI is InChI=1S/C24H28ClN5OS/c1-3-28-13-15-29(16-14-28)23(31)18(2)32-24-27-26-22(17-19-7-5-4-6-8-19)30(24)21-11-9-20(25)10-12-21/h4-12,18H,3,13-17H2,1-2H3/t18-/m1/s1. The minimum atomic E-state index is -0.247. The van der Waals surface area contributed by atoms with Crippen molar-refractivity contribution in [2.75, 3.05) is 32.7 Å². The maximum Gasteiger partial charge on any atom is 0.235 e. The van der Waals surface area contributed by atoms with Crippen LogP contribution in [0.5, 0.6) is 0 Å². The van der Waals surface area contributed by atoms with Crippen molar-refractivity contribution in [2.24, 2.45) is 0 Å². The summed E-state index contributed by atoms with van der Waals surface area (Å²) in [6.07, 6.45) is 0.651. The fourth-order valence-electron chi connectivity index (χ4n) is 3.87. The molecule has 2 aromatic carbocycles. The summed E-state index contributed by atoms with van der Waals surface area (Å²) < 4.78 is 2.03. The van der Waals surface area contributed by atoms with Gasteiger partial charge in [0, 0.05) is 43.3 Å². The lowest BCUT2D eigenvalue weighted by Gasteiger charge is -2.35. The van der Waals surface area contributed by atoms with Crippen LogP contribution in [0.2, 0.25) is 5.02 Å². The van der Waals surface area contributed by atoms with Crippen molar-refractivity contribution in [3.8, 4) is 5.69 Å². The van der Waals surface area contributed by atoms with Crippen LogP contribution in [0.3, 0.4) is 0 Å². The van der Waals surface area contributed by atoms with Crippen molar-refractivity contribution in [3.05, 3.63) is 71.0 Å². The largest absolute Gasteiger partial charge is 0.339 e. The lowest BCUT2D eigenvalue weighted by atomic mass is 10.1. The minimum absolute atomic E-state index is 0.154. The van der Waals surface area contributed by atoms with Gasteiger partial charge < -0.3 is 9.80 Å². The third-order valence-electron chi connectivity index (χ3n) is 5.75. The summed E-state index contributed by atoms with van der Waals surface area (Å²) in [4.78, 5) is 17.4. The Hall–Kier alpha value is -2.35. The molecule has 32 heavy (non-hydrogen) atoms. The lowest BCUT2D eigenvalue weighted by molar-refractivity contribution is -0.132. The van der Waals surface area contributed by atoms with Gasteiger partial charge in [-0.1, -0.05) is 60.6 Å². The third-order valence-corrected chi connectivity index (χ3v) is 7.03. The Balaban J connectivity index is 1.56. The minimum Gasteiger partial charge on any atom is -0.339 e. The van der Waals surface area contributed by atoms with E-state index < -0.39 is 0 Å². The Kier molecular flexibility index (Phi) is 7.50. The number of carbonyl (C=O) groups excluding carboxylic acids is 1. The van der Waals surface area contributed by atoms with E-state index in [9.17, 15) is 4.79 Å². The van der Waals surface area contributed by atoms with Gasteiger partial charge in [0.15, 0.2) is 5.16 Å². The first-order valence-corrected chi connectivity index (χ1v) is 12.2. The molecular formula is C24H28ClN5OS. The predicted molar refractivity (Wildman–Crippen MR) is 130 cm³/mol. The topological polar surface area (TPSA) is 54.3 Å². The molecule has 1 saturated heterocycles. The Morgan fingerprint density at radius 3 is 2.38 bits per heavy atom. The van der Waals surface area contributed by atoms with E-state index in [1.807, 2.05) is 58.9 Å². The highest BCUT2D eigenvalue weighted by Gasteiger charge is 2.27. The maximum absolute atomic E-state index is 13.1. The van der Waals surface area contributed by atoms with Crippen LogP contribution in [0.15, 0.2) is 59.8 Å². The van der Waals surface area contributed by atoms with E-state index in [4.69, 9.17) is 11.6 Å². The molecule has 0 aliphatic carbocycles. The van der Waals surface area contributed by atoms with Crippen molar-refractivity contribution in [2.45, 2.75) is 30.7 Å². The fourth-order valence-corrected chi connectivity index (χ4v) is 4.97. The van der Waals surface area contributed by atoms with Crippen molar-refractivity contribution in [1.29, 1.82) is 0 Å². The fraction of sp³-hybridized carbons (Fsp3) is 0.375. The molecule has 3 aromatic rings. The molecule has 4 rings (SSSR count). The summed E-state index contributed by atoms with van der Waals surface area (Å²) in [7, 11) is 0. The monoisotopic (exact) mass is 469 g/mol. The lowest BCUT2D eigenvalue weighted by Crippen LogP contribution is -2.50. The van der Waals surface area contributed by atoms with E-state index in [1.54, 1.807) is 0 Å². The molecule has 0 unspecified atom stereocenters. The molecule has 0 radical (unpaired) electrons. The number of thioether (sulfide) groups is 1. The number of carbonyl (C=O) groups is 1. The van der Waals surface area contributed by atoms with E-state index >= 15 is 0 Å². The molecule has 1 aliphatic rings. The number of halogens is 1. The zero-order valence-corrected chi connectivity index (χ0v) is 20.0. The van der Waals surface area contributed by atoms with Crippen LogP contribution in [0.4, 0.5) is 0 Å². The molecular weight excluding hydrogens is 442 g/mol. The van der Waals surface area contributed by atoms with Crippen LogP contribution in [0.1, 0.15) is 25.2 Å². The van der Waals surface area contributed by atoms with E-state index in [2.05, 4.69) is 34.2 Å². The average molecular weight is 470 g/mol. The number of hydrogen-bond acceptors (Lipinski definition) is 5. The van der Waals surface area contributed by atoms with Gasteiger partial charge in [0.25, 0.3) is 0 Å². The molecule has 6 nitrogen and oxygen atoms in total. The SMILES string of the molecule is CCN1CCN(C(=O)[C@@H](C)Sc2nnc(Cc3ccccc3)n2-c2ccc(Cl)cc2)CC1. The Labute approximate surface area is 198 Å². The smallest absolute Gasteiger partial charge is 0.235 e. The molecule has 1 aliphatic heterocycles. The summed E-state index contributed by atoms with van der Waals surface area (Å²) in [6, 6.07) is 17.8. The Morgan fingerprint density at radius 1 is 1.03 bits per heavy atom. The second kappa shape index (κ2) is 10.5. The molecule has 0 bridgehead atoms. The van der Waals surface area contributed by atoms with Crippen molar-refractivity contribution in [1.82, 2.24) is 24.6 Å². The van der Waals surface area contributed by atoms with Crippen molar-refractivity contribution >= 4 is 29.3 Å². The van der Waals surface area contributed by atoms with Gasteiger partial charge in [0.05, 0.1) is 5.25 Å². The number of rotatable bonds is 7. The van der Waals surface area contributed by atoms with Gasteiger partial charge >= 0.3 is 0 Å². The van der Waals surface area contributed by atoms with Crippen LogP contribution in [0, 0.1) is 0 Å². The first-order chi connectivity index (χ1) is 15.5. The van der Waals surface area contributed by atoms with E-state index in [-0.39, 0.29) is 11.2 Å². The Morgan fingerprint density at radius 2 is 1.72 bits per heavy atom. The van der Waals surface area contributed by atoms with Gasteiger partial charge in [-0.3, -0.25) is 9.36 Å². The van der Waals surface area contributed by atoms with Crippen molar-refractivity contribution in [3.63, 3.8) is 0 Å². The molecule has 0 saturated carbocycles. The number of amides is 1. The highest BCUT2D eigenvalue weighted by molar-refractivity contribution is 8.00. The summed E-state index contributed by atoms with van der Waals surface area (Å²) in [5.41, 5.74) is 2.09. The molecule has 8 heteroatoms. The third kappa shape index (κ3) is 5.34. The van der Waals surface area contributed by atoms with Crippen LogP contribution in [0.25, 0.3) is 5.69 Å². The van der Waals surface area contributed by atoms with Crippen LogP contribution in [-0.2, 0) is 11.2 Å². The second-order valence-electron chi connectivity index (χ2n) is 7.89. The molecule has 0 N–H and O–H groups in total. The van der Waals surface area contributed by atoms with Gasteiger partial charge in [-0.2, -0.15) is 0 Å². The van der Waals surface area contributed by atoms with Crippen LogP contribution in [-0.4, -0.2) is 68.4 Å². The molecule has 1 amide bonds. The first-order valence-electron chi connectivity index (χ1n) is 11.0. The van der Waals surface area contributed by atoms with E-state index in [1.165, 1.54) is 11.8 Å². The number of aromatic nitrogens is 3. The number of benzene rings is 2. The number of likely N-dealkylation sites (N-methyl/N-ethyl adjacent to an activating group) is 1. The van der Waals surface area contributed by atoms with Crippen molar-refractivity contribution < 1.29 is 4.79 Å². The molecule has 1 atom stereocenters. The van der Waals surface area contributed by atoms with Crippen LogP contribution >= 0.6 is 23.4 Å². The maximum atomic E-state index is 13.1. The van der Waals surface area contributed by atoms with Gasteiger partial charge in [0.1, 0.15) is 5.82 Å². The Bertz CT molecular complexity index is 1030. The summed E-state index contributed by atoms with van der Waals surface area (Å²) in [6.45, 7) is 8.56. The van der Waals surface area contributed by atoms with Gasteiger partial charge in [-0.25, -0.2) is 0 Å². The molecule has 168 valence electrons. The highest BCUT2D eigenvalue weighted by atomic mass is 35.5. The molecule has 0 spiro atoms. The molecule has 2 heterocycles. The van der Waals surface area contributed by atoms with Gasteiger partial charge in [0.2, 0.25) is 5.91 Å². The quantitative estimate of drug-likeness (QED) is 0.486.